The average Bonchev–Trinajstić information content (AvgIpc) is 3.67. The van der Waals surface area contributed by atoms with Crippen LogP contribution >= 0.6 is 0 Å². The number of aromatic nitrogens is 2. The molecule has 50 heavy (non-hydrogen) atoms. The van der Waals surface area contributed by atoms with Gasteiger partial charge in [-0.3, -0.25) is 4.98 Å². The van der Waals surface area contributed by atoms with Crippen LogP contribution in [0.3, 0.4) is 0 Å². The van der Waals surface area contributed by atoms with Crippen molar-refractivity contribution in [3.8, 4) is 33.5 Å². The molecule has 256 valence electrons. The Hall–Kier alpha value is -4.63. The monoisotopic (exact) mass is 660 g/mol. The molecule has 0 atom stereocenters. The minimum absolute atomic E-state index is 0.0182. The number of nitrogens with zero attached hydrogens (tertiary/aromatic N) is 1. The van der Waals surface area contributed by atoms with E-state index in [-0.39, 0.29) is 21.7 Å². The highest BCUT2D eigenvalue weighted by Crippen LogP contribution is 2.43. The van der Waals surface area contributed by atoms with E-state index in [9.17, 15) is 0 Å². The summed E-state index contributed by atoms with van der Waals surface area (Å²) in [6.07, 6.45) is 3.60. The van der Waals surface area contributed by atoms with Crippen LogP contribution in [0.2, 0.25) is 0 Å². The largest absolute Gasteiger partial charge is 0.464 e. The third-order valence-electron chi connectivity index (χ3n) is 10.3. The molecular weight excluding hydrogens is 609 g/mol. The molecule has 3 heteroatoms. The molecule has 0 radical (unpaired) electrons. The number of fused-ring (bicyclic) bond motifs is 4. The predicted octanol–water partition coefficient (Wildman–Crippen LogP) is 13.7. The SMILES string of the molecule is CC(C)(C)c1cc(-c2cc(-c3cc(C(C)(C)C)cc4c3[nH]c3ccc(C(C)(C)C)cc34)cc(C(C)(C)C)c2)cc(-c2nccc3occc23)c1. The van der Waals surface area contributed by atoms with E-state index in [2.05, 4.69) is 155 Å². The molecule has 0 aliphatic rings. The smallest absolute Gasteiger partial charge is 0.137 e. The van der Waals surface area contributed by atoms with E-state index in [4.69, 9.17) is 9.40 Å². The van der Waals surface area contributed by atoms with Gasteiger partial charge in [-0.25, -0.2) is 0 Å². The number of furan rings is 1. The highest BCUT2D eigenvalue weighted by atomic mass is 16.3. The second kappa shape index (κ2) is 11.5. The van der Waals surface area contributed by atoms with E-state index < -0.39 is 0 Å². The summed E-state index contributed by atoms with van der Waals surface area (Å²) < 4.78 is 5.78. The maximum absolute atomic E-state index is 5.78. The molecule has 1 N–H and O–H groups in total. The second-order valence-electron chi connectivity index (χ2n) is 18.4. The summed E-state index contributed by atoms with van der Waals surface area (Å²) >= 11 is 0. The van der Waals surface area contributed by atoms with E-state index >= 15 is 0 Å². The quantitative estimate of drug-likeness (QED) is 0.205. The molecule has 3 aromatic heterocycles. The van der Waals surface area contributed by atoms with Crippen molar-refractivity contribution < 1.29 is 4.42 Å². The lowest BCUT2D eigenvalue weighted by molar-refractivity contribution is 0.589. The molecule has 7 aromatic rings. The van der Waals surface area contributed by atoms with Gasteiger partial charge in [0, 0.05) is 39.0 Å². The van der Waals surface area contributed by atoms with Crippen molar-refractivity contribution in [2.45, 2.75) is 105 Å². The van der Waals surface area contributed by atoms with Crippen molar-refractivity contribution >= 4 is 32.8 Å². The predicted molar refractivity (Wildman–Crippen MR) is 214 cm³/mol. The van der Waals surface area contributed by atoms with Crippen LogP contribution < -0.4 is 0 Å². The Kier molecular flexibility index (Phi) is 7.75. The van der Waals surface area contributed by atoms with Gasteiger partial charge in [-0.05, 0) is 115 Å². The van der Waals surface area contributed by atoms with Crippen LogP contribution in [0.1, 0.15) is 105 Å². The van der Waals surface area contributed by atoms with Gasteiger partial charge < -0.3 is 9.40 Å². The first kappa shape index (κ1) is 33.8. The van der Waals surface area contributed by atoms with E-state index in [1.165, 1.54) is 66.3 Å². The van der Waals surface area contributed by atoms with Crippen molar-refractivity contribution in [1.29, 1.82) is 0 Å². The van der Waals surface area contributed by atoms with Crippen molar-refractivity contribution in [2.24, 2.45) is 0 Å². The van der Waals surface area contributed by atoms with Gasteiger partial charge in [0.1, 0.15) is 5.58 Å². The summed E-state index contributed by atoms with van der Waals surface area (Å²) in [5.74, 6) is 0. The minimum atomic E-state index is -0.0536. The summed E-state index contributed by atoms with van der Waals surface area (Å²) in [7, 11) is 0. The van der Waals surface area contributed by atoms with Gasteiger partial charge in [0.05, 0.1) is 17.5 Å². The molecule has 0 spiro atoms. The van der Waals surface area contributed by atoms with Crippen LogP contribution in [0.15, 0.2) is 95.7 Å². The molecule has 0 saturated carbocycles. The molecule has 0 aliphatic carbocycles. The highest BCUT2D eigenvalue weighted by molar-refractivity contribution is 6.12. The van der Waals surface area contributed by atoms with E-state index in [1.54, 1.807) is 6.26 Å². The Morgan fingerprint density at radius 1 is 0.480 bits per heavy atom. The van der Waals surface area contributed by atoms with E-state index in [1.807, 2.05) is 18.3 Å². The molecule has 0 fully saturated rings. The zero-order chi connectivity index (χ0) is 36.0. The third kappa shape index (κ3) is 6.17. The lowest BCUT2D eigenvalue weighted by atomic mass is 9.80. The lowest BCUT2D eigenvalue weighted by Crippen LogP contribution is -2.13. The summed E-state index contributed by atoms with van der Waals surface area (Å²) in [4.78, 5) is 8.75. The fourth-order valence-electron chi connectivity index (χ4n) is 7.00. The van der Waals surface area contributed by atoms with Crippen LogP contribution in [0.25, 0.3) is 66.3 Å². The van der Waals surface area contributed by atoms with Crippen LogP contribution in [0.5, 0.6) is 0 Å². The number of nitrogens with one attached hydrogen (secondary N) is 1. The standard InChI is InChI=1S/C47H52N2O/c1-44(2,3)32-13-14-40-38(25-32)39-27-35(47(10,11)12)26-37(43(39)49-40)30-19-28(21-33(23-30)45(4,5)6)29-20-31(24-34(22-29)46(7,8)9)42-36-16-18-50-41(36)15-17-48-42/h13-27,49H,1-12H3. The van der Waals surface area contributed by atoms with Crippen molar-refractivity contribution in [3.63, 3.8) is 0 Å². The van der Waals surface area contributed by atoms with Crippen molar-refractivity contribution in [3.05, 3.63) is 114 Å². The summed E-state index contributed by atoms with van der Waals surface area (Å²) in [5, 5.41) is 3.60. The first-order valence-electron chi connectivity index (χ1n) is 18.0. The summed E-state index contributed by atoms with van der Waals surface area (Å²) in [6, 6.07) is 30.0. The Labute approximate surface area is 298 Å². The fourth-order valence-corrected chi connectivity index (χ4v) is 7.00. The number of rotatable bonds is 3. The third-order valence-corrected chi connectivity index (χ3v) is 10.3. The number of hydrogen-bond acceptors (Lipinski definition) is 2. The van der Waals surface area contributed by atoms with Crippen molar-refractivity contribution in [1.82, 2.24) is 9.97 Å². The zero-order valence-electron chi connectivity index (χ0n) is 32.0. The number of benzene rings is 4. The number of aromatic amines is 1. The fraction of sp³-hybridized carbons (Fsp3) is 0.340. The Morgan fingerprint density at radius 2 is 1.02 bits per heavy atom. The topological polar surface area (TPSA) is 41.8 Å². The maximum atomic E-state index is 5.78. The van der Waals surface area contributed by atoms with Crippen LogP contribution in [-0.2, 0) is 21.7 Å². The molecule has 3 nitrogen and oxygen atoms in total. The minimum Gasteiger partial charge on any atom is -0.464 e. The van der Waals surface area contributed by atoms with E-state index in [0.717, 1.165) is 22.2 Å². The van der Waals surface area contributed by atoms with Gasteiger partial charge in [-0.15, -0.1) is 0 Å². The second-order valence-corrected chi connectivity index (χ2v) is 18.4. The molecule has 3 heterocycles. The molecule has 0 saturated heterocycles. The Morgan fingerprint density at radius 3 is 1.64 bits per heavy atom. The molecule has 0 aliphatic heterocycles. The van der Waals surface area contributed by atoms with Crippen molar-refractivity contribution in [2.75, 3.05) is 0 Å². The summed E-state index contributed by atoms with van der Waals surface area (Å²) in [5.41, 5.74) is 15.3. The van der Waals surface area contributed by atoms with E-state index in [0.29, 0.717) is 0 Å². The van der Waals surface area contributed by atoms with Crippen LogP contribution in [0.4, 0.5) is 0 Å². The Bertz CT molecular complexity index is 2410. The number of hydrogen-bond donors (Lipinski definition) is 1. The maximum Gasteiger partial charge on any atom is 0.137 e. The molecule has 7 rings (SSSR count). The zero-order valence-corrected chi connectivity index (χ0v) is 32.0. The normalized spacial score (nSPS) is 13.2. The number of pyridine rings is 1. The van der Waals surface area contributed by atoms with Gasteiger partial charge in [0.15, 0.2) is 0 Å². The number of H-pyrrole nitrogens is 1. The van der Waals surface area contributed by atoms with Gasteiger partial charge >= 0.3 is 0 Å². The molecule has 0 amide bonds. The lowest BCUT2D eigenvalue weighted by Gasteiger charge is -2.25. The van der Waals surface area contributed by atoms with Gasteiger partial charge in [0.25, 0.3) is 0 Å². The van der Waals surface area contributed by atoms with Crippen LogP contribution in [0, 0.1) is 0 Å². The van der Waals surface area contributed by atoms with Gasteiger partial charge in [-0.2, -0.15) is 0 Å². The summed E-state index contributed by atoms with van der Waals surface area (Å²) in [6.45, 7) is 27.6. The first-order chi connectivity index (χ1) is 23.3. The average molecular weight is 661 g/mol. The molecule has 4 aromatic carbocycles. The van der Waals surface area contributed by atoms with Gasteiger partial charge in [-0.1, -0.05) is 107 Å². The molecule has 0 bridgehead atoms. The van der Waals surface area contributed by atoms with Crippen LogP contribution in [-0.4, -0.2) is 9.97 Å². The Balaban J connectivity index is 1.52. The molecular formula is C47H52N2O. The van der Waals surface area contributed by atoms with Gasteiger partial charge in [0.2, 0.25) is 0 Å². The highest BCUT2D eigenvalue weighted by Gasteiger charge is 2.24. The molecule has 0 unspecified atom stereocenters. The first-order valence-corrected chi connectivity index (χ1v) is 18.0.